The van der Waals surface area contributed by atoms with Gasteiger partial charge in [0.15, 0.2) is 5.78 Å². The lowest BCUT2D eigenvalue weighted by molar-refractivity contribution is -0.125. The third-order valence-corrected chi connectivity index (χ3v) is 2.78. The van der Waals surface area contributed by atoms with Gasteiger partial charge in [-0.1, -0.05) is 0 Å². The van der Waals surface area contributed by atoms with Crippen LogP contribution < -0.4 is 5.32 Å². The van der Waals surface area contributed by atoms with Crippen molar-refractivity contribution in [3.8, 4) is 0 Å². The molecule has 0 unspecified atom stereocenters. The molecule has 0 aliphatic carbocycles. The molecule has 0 saturated carbocycles. The van der Waals surface area contributed by atoms with E-state index in [1.807, 2.05) is 6.26 Å². The maximum absolute atomic E-state index is 11.4. The van der Waals surface area contributed by atoms with Gasteiger partial charge in [-0.05, 0) is 18.4 Å². The molecule has 0 aromatic heterocycles. The summed E-state index contributed by atoms with van der Waals surface area (Å²) in [5.41, 5.74) is 0. The van der Waals surface area contributed by atoms with Gasteiger partial charge in [0.1, 0.15) is 0 Å². The smallest absolute Gasteiger partial charge is 0.232 e. The van der Waals surface area contributed by atoms with Gasteiger partial charge in [-0.3, -0.25) is 9.59 Å². The fraction of sp³-hybridized carbons (Fsp3) is 0.750. The number of Topliss-reactive ketones (excluding diaryl/α,β-unsaturated/α-hetero) is 1. The number of nitrogens with one attached hydrogen (secondary N) is 1. The highest BCUT2D eigenvalue weighted by Crippen LogP contribution is 2.03. The normalized spacial score (nSPS) is 12.2. The molecule has 1 atom stereocenters. The lowest BCUT2D eigenvalue weighted by Gasteiger charge is -2.15. The van der Waals surface area contributed by atoms with E-state index < -0.39 is 6.04 Å². The molecular formula is C8H15NO3SSi. The zero-order valence-electron chi connectivity index (χ0n) is 8.37. The first-order valence-corrected chi connectivity index (χ1v) is 6.82. The van der Waals surface area contributed by atoms with E-state index in [9.17, 15) is 9.59 Å². The molecule has 0 aromatic rings. The summed E-state index contributed by atoms with van der Waals surface area (Å²) < 4.78 is 0. The average molecular weight is 233 g/mol. The number of carbonyl (C=O) groups excluding carboxylic acids is 2. The summed E-state index contributed by atoms with van der Waals surface area (Å²) >= 11 is 1.63. The van der Waals surface area contributed by atoms with Crippen molar-refractivity contribution in [1.82, 2.24) is 5.32 Å². The highest BCUT2D eigenvalue weighted by atomic mass is 32.2. The second-order valence-corrected chi connectivity index (χ2v) is 4.49. The van der Waals surface area contributed by atoms with Crippen LogP contribution in [-0.2, 0) is 9.59 Å². The minimum atomic E-state index is -0.431. The van der Waals surface area contributed by atoms with Crippen LogP contribution in [0.4, 0.5) is 0 Å². The van der Waals surface area contributed by atoms with Crippen LogP contribution in [0.3, 0.4) is 0 Å². The second-order valence-electron chi connectivity index (χ2n) is 2.84. The first kappa shape index (κ1) is 13.7. The highest BCUT2D eigenvalue weighted by molar-refractivity contribution is 7.98. The van der Waals surface area contributed by atoms with Crippen LogP contribution in [-0.4, -0.2) is 44.3 Å². The van der Waals surface area contributed by atoms with Gasteiger partial charge in [0.25, 0.3) is 0 Å². The predicted molar refractivity (Wildman–Crippen MR) is 58.4 cm³/mol. The Balaban J connectivity index is 4.08. The Morgan fingerprint density at radius 3 is 2.64 bits per heavy atom. The maximum Gasteiger partial charge on any atom is 0.232 e. The molecule has 0 heterocycles. The van der Waals surface area contributed by atoms with Gasteiger partial charge < -0.3 is 10.1 Å². The van der Waals surface area contributed by atoms with Crippen molar-refractivity contribution in [3.05, 3.63) is 0 Å². The Bertz CT molecular complexity index is 201. The molecule has 0 rings (SSSR count). The lowest BCUT2D eigenvalue weighted by atomic mass is 10.1. The van der Waals surface area contributed by atoms with E-state index in [4.69, 9.17) is 4.80 Å². The van der Waals surface area contributed by atoms with Crippen molar-refractivity contribution in [2.45, 2.75) is 25.4 Å². The van der Waals surface area contributed by atoms with Crippen molar-refractivity contribution in [2.75, 3.05) is 12.0 Å². The van der Waals surface area contributed by atoms with Gasteiger partial charge >= 0.3 is 0 Å². The van der Waals surface area contributed by atoms with Gasteiger partial charge in [0.05, 0.1) is 6.04 Å². The molecule has 4 nitrogen and oxygen atoms in total. The molecule has 14 heavy (non-hydrogen) atoms. The highest BCUT2D eigenvalue weighted by Gasteiger charge is 2.18. The number of ketones is 1. The summed E-state index contributed by atoms with van der Waals surface area (Å²) in [6.07, 6.45) is 2.58. The molecule has 0 aliphatic rings. The van der Waals surface area contributed by atoms with Gasteiger partial charge in [-0.15, -0.1) is 0 Å². The van der Waals surface area contributed by atoms with E-state index in [0.29, 0.717) is 6.42 Å². The zero-order valence-corrected chi connectivity index (χ0v) is 10.2. The third-order valence-electron chi connectivity index (χ3n) is 1.63. The summed E-state index contributed by atoms with van der Waals surface area (Å²) in [4.78, 5) is 30.8. The van der Waals surface area contributed by atoms with Crippen molar-refractivity contribution in [2.24, 2.45) is 0 Å². The van der Waals surface area contributed by atoms with E-state index in [2.05, 4.69) is 5.32 Å². The van der Waals surface area contributed by atoms with Crippen LogP contribution in [0, 0.1) is 0 Å². The van der Waals surface area contributed by atoms with Gasteiger partial charge in [0.2, 0.25) is 15.7 Å². The molecule has 6 heteroatoms. The molecule has 0 fully saturated rings. The predicted octanol–water partition coefficient (Wildman–Crippen LogP) is -0.157. The van der Waals surface area contributed by atoms with E-state index >= 15 is 0 Å². The summed E-state index contributed by atoms with van der Waals surface area (Å²) in [6.45, 7) is 1.39. The Morgan fingerprint density at radius 1 is 1.57 bits per heavy atom. The molecule has 2 radical (unpaired) electrons. The maximum atomic E-state index is 11.4. The van der Waals surface area contributed by atoms with Gasteiger partial charge in [-0.25, -0.2) is 0 Å². The number of rotatable bonds is 7. The summed E-state index contributed by atoms with van der Waals surface area (Å²) in [6, 6.07) is -0.293. The molecule has 80 valence electrons. The number of thioether (sulfide) groups is 1. The summed E-state index contributed by atoms with van der Waals surface area (Å²) in [7, 11) is -0.375. The van der Waals surface area contributed by atoms with E-state index in [1.54, 1.807) is 11.8 Å². The van der Waals surface area contributed by atoms with Crippen molar-refractivity contribution >= 4 is 33.2 Å². The fourth-order valence-electron chi connectivity index (χ4n) is 0.996. The monoisotopic (exact) mass is 233 g/mol. The van der Waals surface area contributed by atoms with E-state index in [-0.39, 0.29) is 27.5 Å². The van der Waals surface area contributed by atoms with Crippen LogP contribution in [0.25, 0.3) is 0 Å². The molecule has 1 amide bonds. The Morgan fingerprint density at radius 2 is 2.21 bits per heavy atom. The van der Waals surface area contributed by atoms with Crippen LogP contribution >= 0.6 is 11.8 Å². The molecule has 0 aromatic carbocycles. The first-order chi connectivity index (χ1) is 6.61. The summed E-state index contributed by atoms with van der Waals surface area (Å²) in [5.74, 6) is 0.534. The van der Waals surface area contributed by atoms with Gasteiger partial charge in [-0.2, -0.15) is 11.8 Å². The summed E-state index contributed by atoms with van der Waals surface area (Å²) in [5, 5.41) is 2.59. The van der Waals surface area contributed by atoms with Crippen molar-refractivity contribution < 1.29 is 14.4 Å². The second kappa shape index (κ2) is 8.02. The minimum absolute atomic E-state index is 0.0879. The Hall–Kier alpha value is -0.333. The van der Waals surface area contributed by atoms with Crippen molar-refractivity contribution in [1.29, 1.82) is 0 Å². The Kier molecular flexibility index (Phi) is 7.82. The SMILES string of the molecule is CSCC[C@H](NC(C)=O)C(=O)C[Si]O. The standard InChI is InChI=1S/C8H15NO3SSi/c1-6(10)9-7(3-4-13-2)8(11)5-14-12/h7,12H,3-5H2,1-2H3,(H,9,10)/t7-/m0/s1. The lowest BCUT2D eigenvalue weighted by Crippen LogP contribution is -2.40. The Labute approximate surface area is 90.8 Å². The number of hydrogen-bond acceptors (Lipinski definition) is 4. The molecule has 0 aliphatic heterocycles. The minimum Gasteiger partial charge on any atom is -0.431 e. The largest absolute Gasteiger partial charge is 0.431 e. The number of amides is 1. The molecule has 0 saturated heterocycles. The van der Waals surface area contributed by atoms with E-state index in [1.165, 1.54) is 6.92 Å². The van der Waals surface area contributed by atoms with Crippen LogP contribution in [0.5, 0.6) is 0 Å². The fourth-order valence-corrected chi connectivity index (χ4v) is 1.87. The average Bonchev–Trinajstić information content (AvgIpc) is 2.12. The van der Waals surface area contributed by atoms with Gasteiger partial charge in [0, 0.05) is 13.0 Å². The molecule has 0 spiro atoms. The van der Waals surface area contributed by atoms with Crippen molar-refractivity contribution in [3.63, 3.8) is 0 Å². The topological polar surface area (TPSA) is 66.4 Å². The number of hydrogen-bond donors (Lipinski definition) is 2. The van der Waals surface area contributed by atoms with E-state index in [0.717, 1.165) is 5.75 Å². The molecular weight excluding hydrogens is 218 g/mol. The first-order valence-electron chi connectivity index (χ1n) is 4.27. The number of carbonyl (C=O) groups is 2. The molecule has 0 bridgehead atoms. The van der Waals surface area contributed by atoms with Crippen LogP contribution in [0.15, 0.2) is 0 Å². The quantitative estimate of drug-likeness (QED) is 0.600. The molecule has 2 N–H and O–H groups in total. The zero-order chi connectivity index (χ0) is 11.0. The van der Waals surface area contributed by atoms with Crippen LogP contribution in [0.1, 0.15) is 13.3 Å². The van der Waals surface area contributed by atoms with Crippen LogP contribution in [0.2, 0.25) is 6.04 Å². The third kappa shape index (κ3) is 6.17.